The Morgan fingerprint density at radius 3 is 2.92 bits per heavy atom. The number of terminal acetylenes is 1. The summed E-state index contributed by atoms with van der Waals surface area (Å²) < 4.78 is 0. The molecule has 0 aliphatic carbocycles. The smallest absolute Gasteiger partial charge is 0.246 e. The van der Waals surface area contributed by atoms with E-state index in [1.165, 1.54) is 0 Å². The number of amides is 1. The number of rotatable bonds is 6. The van der Waals surface area contributed by atoms with Crippen LogP contribution in [0.15, 0.2) is 35.5 Å². The molecule has 1 aromatic heterocycles. The summed E-state index contributed by atoms with van der Waals surface area (Å²) >= 11 is 1.63. The van der Waals surface area contributed by atoms with Gasteiger partial charge in [0.25, 0.3) is 0 Å². The molecule has 7 heteroatoms. The minimum absolute atomic E-state index is 0.00646. The SMILES string of the molecule is C#Cc1cccc(NC(=O)CN=C(NCC)NCc2ncc(C)s2)c1. The Bertz CT molecular complexity index is 791. The van der Waals surface area contributed by atoms with Gasteiger partial charge in [0.1, 0.15) is 11.6 Å². The number of carbonyl (C=O) groups is 1. The van der Waals surface area contributed by atoms with Crippen molar-refractivity contribution in [2.45, 2.75) is 20.4 Å². The molecule has 3 N–H and O–H groups in total. The first-order valence-electron chi connectivity index (χ1n) is 7.90. The number of guanidine groups is 1. The van der Waals surface area contributed by atoms with E-state index in [2.05, 4.69) is 31.8 Å². The summed E-state index contributed by atoms with van der Waals surface area (Å²) in [6.07, 6.45) is 7.20. The van der Waals surface area contributed by atoms with E-state index in [4.69, 9.17) is 6.42 Å². The molecule has 0 aliphatic heterocycles. The van der Waals surface area contributed by atoms with Crippen LogP contribution < -0.4 is 16.0 Å². The maximum Gasteiger partial charge on any atom is 0.246 e. The van der Waals surface area contributed by atoms with Crippen molar-refractivity contribution in [2.24, 2.45) is 4.99 Å². The molecule has 0 spiro atoms. The Labute approximate surface area is 151 Å². The van der Waals surface area contributed by atoms with Gasteiger partial charge in [-0.2, -0.15) is 0 Å². The lowest BCUT2D eigenvalue weighted by molar-refractivity contribution is -0.114. The summed E-state index contributed by atoms with van der Waals surface area (Å²) in [6.45, 7) is 5.26. The third-order valence-corrected chi connectivity index (χ3v) is 4.03. The summed E-state index contributed by atoms with van der Waals surface area (Å²) in [5, 5.41) is 10.0. The normalized spacial score (nSPS) is 10.8. The van der Waals surface area contributed by atoms with Crippen molar-refractivity contribution in [1.29, 1.82) is 0 Å². The number of hydrogen-bond acceptors (Lipinski definition) is 4. The molecule has 0 radical (unpaired) electrons. The molecule has 1 amide bonds. The molecule has 0 saturated heterocycles. The van der Waals surface area contributed by atoms with Crippen molar-refractivity contribution in [1.82, 2.24) is 15.6 Å². The number of carbonyl (C=O) groups excluding carboxylic acids is 1. The van der Waals surface area contributed by atoms with Crippen molar-refractivity contribution in [3.63, 3.8) is 0 Å². The van der Waals surface area contributed by atoms with Gasteiger partial charge in [0, 0.05) is 28.9 Å². The molecule has 0 bridgehead atoms. The highest BCUT2D eigenvalue weighted by atomic mass is 32.1. The van der Waals surface area contributed by atoms with Crippen LogP contribution in [0.5, 0.6) is 0 Å². The fraction of sp³-hybridized carbons (Fsp3) is 0.278. The van der Waals surface area contributed by atoms with Gasteiger partial charge in [0.2, 0.25) is 5.91 Å². The summed E-state index contributed by atoms with van der Waals surface area (Å²) in [5.41, 5.74) is 1.38. The summed E-state index contributed by atoms with van der Waals surface area (Å²) in [6, 6.07) is 7.14. The maximum absolute atomic E-state index is 12.1. The third-order valence-electron chi connectivity index (χ3n) is 3.11. The van der Waals surface area contributed by atoms with E-state index in [0.29, 0.717) is 24.7 Å². The van der Waals surface area contributed by atoms with E-state index in [0.717, 1.165) is 15.4 Å². The molecule has 2 rings (SSSR count). The number of nitrogens with one attached hydrogen (secondary N) is 3. The Morgan fingerprint density at radius 2 is 2.24 bits per heavy atom. The second kappa shape index (κ2) is 9.45. The van der Waals surface area contributed by atoms with E-state index in [1.807, 2.05) is 20.0 Å². The first-order chi connectivity index (χ1) is 12.1. The molecule has 130 valence electrons. The van der Waals surface area contributed by atoms with Crippen LogP contribution in [0.4, 0.5) is 5.69 Å². The highest BCUT2D eigenvalue weighted by molar-refractivity contribution is 7.11. The van der Waals surface area contributed by atoms with Crippen molar-refractivity contribution in [3.8, 4) is 12.3 Å². The second-order valence-electron chi connectivity index (χ2n) is 5.19. The molecular formula is C18H21N5OS. The van der Waals surface area contributed by atoms with Crippen LogP contribution in [-0.2, 0) is 11.3 Å². The third kappa shape index (κ3) is 6.28. The monoisotopic (exact) mass is 355 g/mol. The van der Waals surface area contributed by atoms with Crippen molar-refractivity contribution in [3.05, 3.63) is 45.9 Å². The zero-order valence-corrected chi connectivity index (χ0v) is 15.1. The Balaban J connectivity index is 1.90. The molecule has 1 heterocycles. The molecule has 2 aromatic rings. The van der Waals surface area contributed by atoms with Gasteiger partial charge >= 0.3 is 0 Å². The Kier molecular flexibility index (Phi) is 6.99. The highest BCUT2D eigenvalue weighted by Gasteiger charge is 2.05. The van der Waals surface area contributed by atoms with Crippen LogP contribution in [0.25, 0.3) is 0 Å². The van der Waals surface area contributed by atoms with Crippen LogP contribution in [0.1, 0.15) is 22.4 Å². The topological polar surface area (TPSA) is 78.4 Å². The second-order valence-corrected chi connectivity index (χ2v) is 6.51. The van der Waals surface area contributed by atoms with Crippen LogP contribution in [0.2, 0.25) is 0 Å². The molecule has 0 atom stereocenters. The average molecular weight is 355 g/mol. The molecule has 0 unspecified atom stereocenters. The predicted molar refractivity (Wildman–Crippen MR) is 103 cm³/mol. The highest BCUT2D eigenvalue weighted by Crippen LogP contribution is 2.10. The van der Waals surface area contributed by atoms with Crippen molar-refractivity contribution in [2.75, 3.05) is 18.4 Å². The first kappa shape index (κ1) is 18.5. The molecule has 6 nitrogen and oxygen atoms in total. The van der Waals surface area contributed by atoms with Crippen molar-refractivity contribution >= 4 is 28.9 Å². The lowest BCUT2D eigenvalue weighted by Crippen LogP contribution is -2.37. The van der Waals surface area contributed by atoms with Gasteiger partial charge in [-0.05, 0) is 32.0 Å². The minimum Gasteiger partial charge on any atom is -0.357 e. The number of aryl methyl sites for hydroxylation is 1. The quantitative estimate of drug-likeness (QED) is 0.421. The first-order valence-corrected chi connectivity index (χ1v) is 8.72. The van der Waals surface area contributed by atoms with Gasteiger partial charge in [0.15, 0.2) is 5.96 Å². The maximum atomic E-state index is 12.1. The average Bonchev–Trinajstić information content (AvgIpc) is 3.03. The fourth-order valence-corrected chi connectivity index (χ4v) is 2.75. The molecule has 0 fully saturated rings. The zero-order valence-electron chi connectivity index (χ0n) is 14.3. The largest absolute Gasteiger partial charge is 0.357 e. The number of benzene rings is 1. The van der Waals surface area contributed by atoms with E-state index >= 15 is 0 Å². The van der Waals surface area contributed by atoms with E-state index < -0.39 is 0 Å². The molecule has 0 saturated carbocycles. The molecule has 1 aromatic carbocycles. The number of aliphatic imine (C=N–C) groups is 1. The standard InChI is InChI=1S/C18H21N5OS/c1-4-14-7-6-8-15(9-14)23-16(24)11-21-18(19-5-2)22-12-17-20-10-13(3)25-17/h1,6-10H,5,11-12H2,2-3H3,(H,23,24)(H2,19,21,22). The van der Waals surface area contributed by atoms with Gasteiger partial charge in [-0.25, -0.2) is 9.98 Å². The van der Waals surface area contributed by atoms with Crippen LogP contribution >= 0.6 is 11.3 Å². The van der Waals surface area contributed by atoms with Gasteiger partial charge in [0.05, 0.1) is 6.54 Å². The lowest BCUT2D eigenvalue weighted by Gasteiger charge is -2.10. The zero-order chi connectivity index (χ0) is 18.1. The Morgan fingerprint density at radius 1 is 1.40 bits per heavy atom. The Hall–Kier alpha value is -2.85. The number of hydrogen-bond donors (Lipinski definition) is 3. The van der Waals surface area contributed by atoms with Gasteiger partial charge in [-0.15, -0.1) is 17.8 Å². The molecular weight excluding hydrogens is 334 g/mol. The molecule has 0 aliphatic rings. The van der Waals surface area contributed by atoms with Crippen LogP contribution in [-0.4, -0.2) is 29.9 Å². The number of aromatic nitrogens is 1. The van der Waals surface area contributed by atoms with Gasteiger partial charge < -0.3 is 16.0 Å². The molecule has 25 heavy (non-hydrogen) atoms. The minimum atomic E-state index is -0.212. The fourth-order valence-electron chi connectivity index (χ4n) is 2.02. The summed E-state index contributed by atoms with van der Waals surface area (Å²) in [7, 11) is 0. The lowest BCUT2D eigenvalue weighted by atomic mass is 10.2. The predicted octanol–water partition coefficient (Wildman–Crippen LogP) is 2.13. The number of thiazole rings is 1. The number of anilines is 1. The van der Waals surface area contributed by atoms with E-state index in [9.17, 15) is 4.79 Å². The van der Waals surface area contributed by atoms with Crippen LogP contribution in [0, 0.1) is 19.3 Å². The van der Waals surface area contributed by atoms with Gasteiger partial charge in [-0.1, -0.05) is 12.0 Å². The summed E-state index contributed by atoms with van der Waals surface area (Å²) in [5.74, 6) is 2.90. The summed E-state index contributed by atoms with van der Waals surface area (Å²) in [4.78, 5) is 21.8. The van der Waals surface area contributed by atoms with Gasteiger partial charge in [-0.3, -0.25) is 4.79 Å². The number of nitrogens with zero attached hydrogens (tertiary/aromatic N) is 2. The van der Waals surface area contributed by atoms with E-state index in [1.54, 1.807) is 35.6 Å². The van der Waals surface area contributed by atoms with Crippen LogP contribution in [0.3, 0.4) is 0 Å². The van der Waals surface area contributed by atoms with Crippen molar-refractivity contribution < 1.29 is 4.79 Å². The van der Waals surface area contributed by atoms with E-state index in [-0.39, 0.29) is 12.5 Å².